The van der Waals surface area contributed by atoms with Gasteiger partial charge in [-0.2, -0.15) is 0 Å². The maximum absolute atomic E-state index is 9.64. The van der Waals surface area contributed by atoms with Crippen LogP contribution in [0.25, 0.3) is 10.4 Å². The Morgan fingerprint density at radius 3 is 2.64 bits per heavy atom. The molecule has 0 aromatic heterocycles. The molecule has 0 saturated heterocycles. The fourth-order valence-electron chi connectivity index (χ4n) is 1.08. The second-order valence-electron chi connectivity index (χ2n) is 2.81. The van der Waals surface area contributed by atoms with Crippen molar-refractivity contribution in [1.29, 1.82) is 0 Å². The molecule has 1 atom stereocenters. The lowest BCUT2D eigenvalue weighted by Gasteiger charge is -2.08. The van der Waals surface area contributed by atoms with Gasteiger partial charge in [-0.3, -0.25) is 0 Å². The summed E-state index contributed by atoms with van der Waals surface area (Å²) < 4.78 is 0.975. The number of rotatable bonds is 4. The molecule has 14 heavy (non-hydrogen) atoms. The van der Waals surface area contributed by atoms with Gasteiger partial charge in [-0.05, 0) is 29.6 Å². The zero-order valence-electron chi connectivity index (χ0n) is 7.47. The molecule has 5 heteroatoms. The highest BCUT2D eigenvalue weighted by Gasteiger charge is 2.05. The van der Waals surface area contributed by atoms with Crippen molar-refractivity contribution in [3.63, 3.8) is 0 Å². The molecule has 0 aliphatic heterocycles. The summed E-state index contributed by atoms with van der Waals surface area (Å²) in [5.41, 5.74) is 8.89. The highest BCUT2D eigenvalue weighted by atomic mass is 79.9. The van der Waals surface area contributed by atoms with E-state index in [9.17, 15) is 5.11 Å². The number of hydrogen-bond donors (Lipinski definition) is 1. The van der Waals surface area contributed by atoms with Crippen LogP contribution in [0.2, 0.25) is 0 Å². The van der Waals surface area contributed by atoms with Crippen LogP contribution >= 0.6 is 15.9 Å². The third kappa shape index (κ3) is 3.38. The number of benzene rings is 1. The van der Waals surface area contributed by atoms with Crippen LogP contribution in [-0.4, -0.2) is 11.7 Å². The molecule has 1 unspecified atom stereocenters. The number of azide groups is 1. The molecule has 0 heterocycles. The van der Waals surface area contributed by atoms with Crippen molar-refractivity contribution in [2.24, 2.45) is 5.11 Å². The predicted molar refractivity (Wildman–Crippen MR) is 57.7 cm³/mol. The minimum absolute atomic E-state index is 0.313. The molecule has 0 aliphatic rings. The average molecular weight is 256 g/mol. The summed E-state index contributed by atoms with van der Waals surface area (Å²) in [4.78, 5) is 2.62. The number of aliphatic hydroxyl groups is 1. The van der Waals surface area contributed by atoms with E-state index in [0.717, 1.165) is 10.0 Å². The second-order valence-corrected chi connectivity index (χ2v) is 3.73. The SMILES string of the molecule is [N-]=[N+]=NCCC(O)c1ccc(Br)cc1. The molecular weight excluding hydrogens is 246 g/mol. The molecule has 0 bridgehead atoms. The van der Waals surface area contributed by atoms with E-state index in [2.05, 4.69) is 26.0 Å². The van der Waals surface area contributed by atoms with E-state index in [4.69, 9.17) is 5.53 Å². The van der Waals surface area contributed by atoms with E-state index < -0.39 is 6.10 Å². The molecule has 0 fully saturated rings. The van der Waals surface area contributed by atoms with E-state index in [-0.39, 0.29) is 0 Å². The van der Waals surface area contributed by atoms with Crippen LogP contribution in [0.3, 0.4) is 0 Å². The summed E-state index contributed by atoms with van der Waals surface area (Å²) in [7, 11) is 0. The van der Waals surface area contributed by atoms with Gasteiger partial charge in [0.15, 0.2) is 0 Å². The molecule has 0 saturated carbocycles. The second kappa shape index (κ2) is 5.65. The van der Waals surface area contributed by atoms with Crippen LogP contribution in [0.1, 0.15) is 18.1 Å². The molecule has 1 aromatic rings. The van der Waals surface area contributed by atoms with Gasteiger partial charge in [0.1, 0.15) is 0 Å². The van der Waals surface area contributed by atoms with Crippen molar-refractivity contribution in [1.82, 2.24) is 0 Å². The molecule has 4 nitrogen and oxygen atoms in total. The zero-order chi connectivity index (χ0) is 10.4. The summed E-state index contributed by atoms with van der Waals surface area (Å²) in [6.45, 7) is 0.313. The van der Waals surface area contributed by atoms with Crippen molar-refractivity contribution >= 4 is 15.9 Å². The largest absolute Gasteiger partial charge is 0.388 e. The fraction of sp³-hybridized carbons (Fsp3) is 0.333. The highest BCUT2D eigenvalue weighted by Crippen LogP contribution is 2.19. The van der Waals surface area contributed by atoms with Gasteiger partial charge in [0.2, 0.25) is 0 Å². The molecule has 0 radical (unpaired) electrons. The first-order valence-electron chi connectivity index (χ1n) is 4.18. The van der Waals surface area contributed by atoms with Crippen LogP contribution in [-0.2, 0) is 0 Å². The van der Waals surface area contributed by atoms with Gasteiger partial charge in [-0.1, -0.05) is 33.2 Å². The van der Waals surface area contributed by atoms with Crippen LogP contribution in [0.15, 0.2) is 33.9 Å². The maximum atomic E-state index is 9.64. The van der Waals surface area contributed by atoms with Gasteiger partial charge < -0.3 is 5.11 Å². The molecule has 74 valence electrons. The summed E-state index contributed by atoms with van der Waals surface area (Å²) in [5.74, 6) is 0. The third-order valence-electron chi connectivity index (χ3n) is 1.82. The van der Waals surface area contributed by atoms with E-state index >= 15 is 0 Å². The van der Waals surface area contributed by atoms with E-state index in [1.807, 2.05) is 24.3 Å². The van der Waals surface area contributed by atoms with Crippen molar-refractivity contribution in [2.75, 3.05) is 6.54 Å². The van der Waals surface area contributed by atoms with E-state index in [0.29, 0.717) is 13.0 Å². The monoisotopic (exact) mass is 255 g/mol. The standard InChI is InChI=1S/C9H10BrN3O/c10-8-3-1-7(2-4-8)9(14)5-6-12-13-11/h1-4,9,14H,5-6H2. The fourth-order valence-corrected chi connectivity index (χ4v) is 1.34. The van der Waals surface area contributed by atoms with Gasteiger partial charge in [-0.15, -0.1) is 0 Å². The van der Waals surface area contributed by atoms with Gasteiger partial charge in [0.05, 0.1) is 6.10 Å². The Hall–Kier alpha value is -1.03. The smallest absolute Gasteiger partial charge is 0.0791 e. The van der Waals surface area contributed by atoms with Crippen LogP contribution < -0.4 is 0 Å². The Morgan fingerprint density at radius 1 is 1.43 bits per heavy atom. The average Bonchev–Trinajstić information content (AvgIpc) is 2.19. The minimum Gasteiger partial charge on any atom is -0.388 e. The zero-order valence-corrected chi connectivity index (χ0v) is 9.05. The predicted octanol–water partition coefficient (Wildman–Crippen LogP) is 3.18. The quantitative estimate of drug-likeness (QED) is 0.501. The van der Waals surface area contributed by atoms with Crippen molar-refractivity contribution in [3.8, 4) is 0 Å². The molecule has 1 N–H and O–H groups in total. The molecule has 0 spiro atoms. The minimum atomic E-state index is -0.561. The molecule has 0 aliphatic carbocycles. The number of nitrogens with zero attached hydrogens (tertiary/aromatic N) is 3. The molecule has 0 amide bonds. The first-order valence-corrected chi connectivity index (χ1v) is 4.97. The van der Waals surface area contributed by atoms with Crippen LogP contribution in [0, 0.1) is 0 Å². The number of halogens is 1. The van der Waals surface area contributed by atoms with Crippen molar-refractivity contribution in [2.45, 2.75) is 12.5 Å². The van der Waals surface area contributed by atoms with Crippen molar-refractivity contribution in [3.05, 3.63) is 44.7 Å². The van der Waals surface area contributed by atoms with E-state index in [1.165, 1.54) is 0 Å². The maximum Gasteiger partial charge on any atom is 0.0791 e. The number of aliphatic hydroxyl groups excluding tert-OH is 1. The lowest BCUT2D eigenvalue weighted by molar-refractivity contribution is 0.170. The Kier molecular flexibility index (Phi) is 4.46. The van der Waals surface area contributed by atoms with E-state index in [1.54, 1.807) is 0 Å². The molecular formula is C9H10BrN3O. The van der Waals surface area contributed by atoms with Crippen molar-refractivity contribution < 1.29 is 5.11 Å². The normalized spacial score (nSPS) is 11.9. The first-order chi connectivity index (χ1) is 6.74. The van der Waals surface area contributed by atoms with Gasteiger partial charge in [0.25, 0.3) is 0 Å². The third-order valence-corrected chi connectivity index (χ3v) is 2.35. The summed E-state index contributed by atoms with van der Waals surface area (Å²) in [5, 5.41) is 13.0. The Bertz CT molecular complexity index is 332. The lowest BCUT2D eigenvalue weighted by atomic mass is 10.1. The van der Waals surface area contributed by atoms with Gasteiger partial charge >= 0.3 is 0 Å². The van der Waals surface area contributed by atoms with Gasteiger partial charge in [0, 0.05) is 15.9 Å². The van der Waals surface area contributed by atoms with Gasteiger partial charge in [-0.25, -0.2) is 0 Å². The Balaban J connectivity index is 2.55. The first kappa shape index (κ1) is 11.0. The highest BCUT2D eigenvalue weighted by molar-refractivity contribution is 9.10. The summed E-state index contributed by atoms with van der Waals surface area (Å²) in [6.07, 6.45) is -0.111. The summed E-state index contributed by atoms with van der Waals surface area (Å²) in [6, 6.07) is 7.41. The lowest BCUT2D eigenvalue weighted by Crippen LogP contribution is -1.98. The summed E-state index contributed by atoms with van der Waals surface area (Å²) >= 11 is 3.31. The molecule has 1 aromatic carbocycles. The number of hydrogen-bond acceptors (Lipinski definition) is 2. The molecule has 1 rings (SSSR count). The van der Waals surface area contributed by atoms with Crippen LogP contribution in [0.4, 0.5) is 0 Å². The Labute approximate surface area is 90.3 Å². The van der Waals surface area contributed by atoms with Crippen LogP contribution in [0.5, 0.6) is 0 Å². The Morgan fingerprint density at radius 2 is 2.07 bits per heavy atom. The topological polar surface area (TPSA) is 69.0 Å².